The number of para-hydroxylation sites is 1. The summed E-state index contributed by atoms with van der Waals surface area (Å²) in [6.45, 7) is 1.27. The molecule has 9 heteroatoms. The van der Waals surface area contributed by atoms with Crippen molar-refractivity contribution in [1.29, 1.82) is 0 Å². The minimum Gasteiger partial charge on any atom is -0.468 e. The van der Waals surface area contributed by atoms with Gasteiger partial charge in [0, 0.05) is 36.2 Å². The summed E-state index contributed by atoms with van der Waals surface area (Å²) in [4.78, 5) is 15.9. The second-order valence-corrected chi connectivity index (χ2v) is 5.47. The van der Waals surface area contributed by atoms with Crippen LogP contribution in [0.25, 0.3) is 0 Å². The van der Waals surface area contributed by atoms with E-state index in [1.807, 2.05) is 19.1 Å². The largest absolute Gasteiger partial charge is 0.468 e. The van der Waals surface area contributed by atoms with Crippen LogP contribution in [0, 0.1) is 0 Å². The minimum atomic E-state index is -4.47. The van der Waals surface area contributed by atoms with E-state index < -0.39 is 18.8 Å². The third-order valence-corrected chi connectivity index (χ3v) is 3.39. The highest BCUT2D eigenvalue weighted by Crippen LogP contribution is 2.20. The SMILES string of the molecule is CCOCc1ccccc1NC(=O)NCc1cccnc1OCC(F)(F)F. The second kappa shape index (κ2) is 9.77. The van der Waals surface area contributed by atoms with Gasteiger partial charge in [0.1, 0.15) is 0 Å². The van der Waals surface area contributed by atoms with Gasteiger partial charge in [-0.25, -0.2) is 9.78 Å². The molecule has 0 aliphatic rings. The number of halogens is 3. The van der Waals surface area contributed by atoms with Crippen molar-refractivity contribution in [3.8, 4) is 5.88 Å². The van der Waals surface area contributed by atoms with Crippen LogP contribution in [0.3, 0.4) is 0 Å². The first-order valence-corrected chi connectivity index (χ1v) is 8.23. The summed E-state index contributed by atoms with van der Waals surface area (Å²) in [5.74, 6) is -0.174. The first-order valence-electron chi connectivity index (χ1n) is 8.23. The highest BCUT2D eigenvalue weighted by Gasteiger charge is 2.29. The average molecular weight is 383 g/mol. The van der Waals surface area contributed by atoms with E-state index in [-0.39, 0.29) is 12.4 Å². The second-order valence-electron chi connectivity index (χ2n) is 5.47. The Hall–Kier alpha value is -2.81. The minimum absolute atomic E-state index is 0.0412. The Labute approximate surface area is 154 Å². The van der Waals surface area contributed by atoms with Crippen molar-refractivity contribution in [3.05, 3.63) is 53.7 Å². The summed E-state index contributed by atoms with van der Waals surface area (Å²) >= 11 is 0. The number of nitrogens with one attached hydrogen (secondary N) is 2. The topological polar surface area (TPSA) is 72.5 Å². The standard InChI is InChI=1S/C18H20F3N3O3/c1-2-26-11-14-6-3-4-8-15(14)24-17(25)23-10-13-7-5-9-22-16(13)27-12-18(19,20)21/h3-9H,2,10-12H2,1H3,(H2,23,24,25). The van der Waals surface area contributed by atoms with E-state index in [0.29, 0.717) is 24.5 Å². The zero-order valence-corrected chi connectivity index (χ0v) is 14.7. The number of benzene rings is 1. The Kier molecular flexibility index (Phi) is 7.42. The monoisotopic (exact) mass is 383 g/mol. The van der Waals surface area contributed by atoms with Crippen LogP contribution in [0.15, 0.2) is 42.6 Å². The summed E-state index contributed by atoms with van der Waals surface area (Å²) in [6.07, 6.45) is -3.15. The average Bonchev–Trinajstić information content (AvgIpc) is 2.64. The van der Waals surface area contributed by atoms with Crippen molar-refractivity contribution in [2.24, 2.45) is 0 Å². The number of anilines is 1. The van der Waals surface area contributed by atoms with Crippen LogP contribution in [0.4, 0.5) is 23.7 Å². The predicted molar refractivity (Wildman–Crippen MR) is 93.4 cm³/mol. The molecule has 2 aromatic rings. The number of rotatable bonds is 8. The highest BCUT2D eigenvalue weighted by molar-refractivity contribution is 5.90. The Balaban J connectivity index is 1.95. The number of carbonyl (C=O) groups excluding carboxylic acids is 1. The van der Waals surface area contributed by atoms with Gasteiger partial charge >= 0.3 is 12.2 Å². The molecule has 0 aliphatic carbocycles. The number of hydrogen-bond acceptors (Lipinski definition) is 4. The van der Waals surface area contributed by atoms with Gasteiger partial charge in [-0.3, -0.25) is 0 Å². The van der Waals surface area contributed by atoms with Crippen LogP contribution >= 0.6 is 0 Å². The van der Waals surface area contributed by atoms with Gasteiger partial charge in [0.25, 0.3) is 0 Å². The molecule has 146 valence electrons. The zero-order valence-electron chi connectivity index (χ0n) is 14.7. The molecule has 2 rings (SSSR count). The van der Waals surface area contributed by atoms with Gasteiger partial charge < -0.3 is 20.1 Å². The Morgan fingerprint density at radius 2 is 1.89 bits per heavy atom. The van der Waals surface area contributed by atoms with E-state index in [2.05, 4.69) is 15.6 Å². The third kappa shape index (κ3) is 7.14. The maximum atomic E-state index is 12.3. The molecule has 27 heavy (non-hydrogen) atoms. The molecule has 0 atom stereocenters. The molecule has 1 heterocycles. The van der Waals surface area contributed by atoms with Crippen LogP contribution < -0.4 is 15.4 Å². The number of alkyl halides is 3. The number of pyridine rings is 1. The Morgan fingerprint density at radius 1 is 1.15 bits per heavy atom. The number of ether oxygens (including phenoxy) is 2. The van der Waals surface area contributed by atoms with E-state index >= 15 is 0 Å². The van der Waals surface area contributed by atoms with Crippen LogP contribution in [0.2, 0.25) is 0 Å². The summed E-state index contributed by atoms with van der Waals surface area (Å²) in [5.41, 5.74) is 1.73. The molecule has 0 fully saturated rings. The van der Waals surface area contributed by atoms with Crippen molar-refractivity contribution in [3.63, 3.8) is 0 Å². The molecule has 1 aromatic carbocycles. The molecule has 0 bridgehead atoms. The van der Waals surface area contributed by atoms with Gasteiger partial charge in [-0.05, 0) is 19.1 Å². The van der Waals surface area contributed by atoms with Crippen molar-refractivity contribution in [2.45, 2.75) is 26.3 Å². The number of urea groups is 1. The first kappa shape index (κ1) is 20.5. The molecule has 0 aliphatic heterocycles. The van der Waals surface area contributed by atoms with Gasteiger partial charge in [-0.1, -0.05) is 24.3 Å². The quantitative estimate of drug-likeness (QED) is 0.726. The smallest absolute Gasteiger partial charge is 0.422 e. The molecule has 0 spiro atoms. The van der Waals surface area contributed by atoms with E-state index in [9.17, 15) is 18.0 Å². The number of nitrogens with zero attached hydrogens (tertiary/aromatic N) is 1. The van der Waals surface area contributed by atoms with E-state index in [1.54, 1.807) is 18.2 Å². The van der Waals surface area contributed by atoms with Gasteiger partial charge in [0.2, 0.25) is 5.88 Å². The highest BCUT2D eigenvalue weighted by atomic mass is 19.4. The fourth-order valence-electron chi connectivity index (χ4n) is 2.16. The number of hydrogen-bond donors (Lipinski definition) is 2. The molecule has 2 N–H and O–H groups in total. The third-order valence-electron chi connectivity index (χ3n) is 3.39. The lowest BCUT2D eigenvalue weighted by Gasteiger charge is -2.14. The van der Waals surface area contributed by atoms with Crippen molar-refractivity contribution in [1.82, 2.24) is 10.3 Å². The van der Waals surface area contributed by atoms with Crippen LogP contribution in [-0.2, 0) is 17.9 Å². The molecular weight excluding hydrogens is 363 g/mol. The Morgan fingerprint density at radius 3 is 2.63 bits per heavy atom. The zero-order chi connectivity index (χ0) is 19.7. The van der Waals surface area contributed by atoms with Crippen molar-refractivity contribution >= 4 is 11.7 Å². The number of amides is 2. The lowest BCUT2D eigenvalue weighted by molar-refractivity contribution is -0.154. The summed E-state index contributed by atoms with van der Waals surface area (Å²) in [7, 11) is 0. The van der Waals surface area contributed by atoms with Crippen molar-refractivity contribution < 1.29 is 27.4 Å². The fraction of sp³-hybridized carbons (Fsp3) is 0.333. The van der Waals surface area contributed by atoms with E-state index in [1.165, 1.54) is 12.3 Å². The predicted octanol–water partition coefficient (Wildman–Crippen LogP) is 3.88. The summed E-state index contributed by atoms with van der Waals surface area (Å²) < 4.78 is 47.0. The summed E-state index contributed by atoms with van der Waals surface area (Å²) in [6, 6.07) is 9.73. The van der Waals surface area contributed by atoms with Crippen LogP contribution in [0.1, 0.15) is 18.1 Å². The van der Waals surface area contributed by atoms with E-state index in [4.69, 9.17) is 9.47 Å². The fourth-order valence-corrected chi connectivity index (χ4v) is 2.16. The maximum absolute atomic E-state index is 12.3. The normalized spacial score (nSPS) is 11.1. The Bertz CT molecular complexity index is 754. The van der Waals surface area contributed by atoms with Crippen LogP contribution in [0.5, 0.6) is 5.88 Å². The molecule has 2 amide bonds. The van der Waals surface area contributed by atoms with Crippen molar-refractivity contribution in [2.75, 3.05) is 18.5 Å². The molecule has 0 saturated heterocycles. The summed E-state index contributed by atoms with van der Waals surface area (Å²) in [5, 5.41) is 5.27. The molecule has 0 radical (unpaired) electrons. The molecule has 0 saturated carbocycles. The number of carbonyl (C=O) groups is 1. The molecule has 1 aromatic heterocycles. The van der Waals surface area contributed by atoms with Gasteiger partial charge in [-0.2, -0.15) is 13.2 Å². The lowest BCUT2D eigenvalue weighted by Crippen LogP contribution is -2.29. The molecule has 0 unspecified atom stereocenters. The molecule has 6 nitrogen and oxygen atoms in total. The lowest BCUT2D eigenvalue weighted by atomic mass is 10.2. The maximum Gasteiger partial charge on any atom is 0.422 e. The van der Waals surface area contributed by atoms with Gasteiger partial charge in [0.15, 0.2) is 6.61 Å². The van der Waals surface area contributed by atoms with Gasteiger partial charge in [-0.15, -0.1) is 0 Å². The van der Waals surface area contributed by atoms with Gasteiger partial charge in [0.05, 0.1) is 6.61 Å². The van der Waals surface area contributed by atoms with Crippen LogP contribution in [-0.4, -0.2) is 30.4 Å². The van der Waals surface area contributed by atoms with E-state index in [0.717, 1.165) is 5.56 Å². The molecular formula is C18H20F3N3O3. The first-order chi connectivity index (χ1) is 12.9. The number of aromatic nitrogens is 1.